The van der Waals surface area contributed by atoms with Gasteiger partial charge in [0.05, 0.1) is 12.0 Å². The Balaban J connectivity index is 3.01. The van der Waals surface area contributed by atoms with Gasteiger partial charge in [-0.05, 0) is 40.2 Å². The van der Waals surface area contributed by atoms with Crippen molar-refractivity contribution in [2.45, 2.75) is 40.2 Å². The van der Waals surface area contributed by atoms with Crippen molar-refractivity contribution >= 4 is 5.97 Å². The van der Waals surface area contributed by atoms with Gasteiger partial charge in [-0.15, -0.1) is 0 Å². The Morgan fingerprint density at radius 1 is 1.47 bits per heavy atom. The predicted octanol–water partition coefficient (Wildman–Crippen LogP) is 2.89. The molecule has 1 atom stereocenters. The first-order valence-corrected chi connectivity index (χ1v) is 6.50. The summed E-state index contributed by atoms with van der Waals surface area (Å²) in [5.74, 6) is -0.102. The minimum Gasteiger partial charge on any atom is -0.494 e. The van der Waals surface area contributed by atoms with Crippen LogP contribution in [0.3, 0.4) is 0 Å². The molecule has 1 aromatic carbocycles. The van der Waals surface area contributed by atoms with Crippen LogP contribution in [-0.4, -0.2) is 17.7 Å². The van der Waals surface area contributed by atoms with Crippen LogP contribution in [0.2, 0.25) is 0 Å². The molecular weight excluding hydrogens is 242 g/mol. The summed E-state index contributed by atoms with van der Waals surface area (Å²) in [6.45, 7) is 7.83. The highest BCUT2D eigenvalue weighted by Crippen LogP contribution is 2.33. The van der Waals surface area contributed by atoms with Gasteiger partial charge in [0.2, 0.25) is 0 Å². The molecule has 106 valence electrons. The smallest absolute Gasteiger partial charge is 0.309 e. The molecule has 19 heavy (non-hydrogen) atoms. The third-order valence-corrected chi connectivity index (χ3v) is 3.17. The zero-order chi connectivity index (χ0) is 14.6. The molecule has 0 aromatic heterocycles. The number of aryl methyl sites for hydroxylation is 1. The number of benzene rings is 1. The van der Waals surface area contributed by atoms with Crippen LogP contribution in [0.4, 0.5) is 0 Å². The van der Waals surface area contributed by atoms with E-state index < -0.39 is 11.4 Å². The van der Waals surface area contributed by atoms with Crippen LogP contribution in [0.25, 0.3) is 0 Å². The molecule has 0 aliphatic heterocycles. The van der Waals surface area contributed by atoms with Crippen LogP contribution >= 0.6 is 0 Å². The van der Waals surface area contributed by atoms with Gasteiger partial charge in [0, 0.05) is 11.6 Å². The molecule has 4 nitrogen and oxygen atoms in total. The fourth-order valence-electron chi connectivity index (χ4n) is 1.99. The molecule has 0 saturated carbocycles. The fourth-order valence-corrected chi connectivity index (χ4v) is 1.99. The molecule has 1 rings (SSSR count). The number of carbonyl (C=O) groups is 1. The fraction of sp³-hybridized carbons (Fsp3) is 0.533. The quantitative estimate of drug-likeness (QED) is 0.829. The number of aliphatic carboxylic acids is 1. The normalized spacial score (nSPS) is 13.1. The summed E-state index contributed by atoms with van der Waals surface area (Å²) in [6, 6.07) is 5.46. The molecule has 3 N–H and O–H groups in total. The van der Waals surface area contributed by atoms with Crippen molar-refractivity contribution in [1.29, 1.82) is 0 Å². The summed E-state index contributed by atoms with van der Waals surface area (Å²) in [7, 11) is 0. The van der Waals surface area contributed by atoms with E-state index in [4.69, 9.17) is 10.5 Å². The van der Waals surface area contributed by atoms with Crippen LogP contribution in [0.15, 0.2) is 18.2 Å². The van der Waals surface area contributed by atoms with Gasteiger partial charge in [-0.1, -0.05) is 17.7 Å². The Hall–Kier alpha value is -1.55. The van der Waals surface area contributed by atoms with E-state index in [1.165, 1.54) is 0 Å². The highest BCUT2D eigenvalue weighted by Gasteiger charge is 2.30. The summed E-state index contributed by atoms with van der Waals surface area (Å²) < 4.78 is 5.56. The first-order chi connectivity index (χ1) is 8.77. The molecule has 0 aliphatic rings. The van der Waals surface area contributed by atoms with E-state index in [-0.39, 0.29) is 6.04 Å². The van der Waals surface area contributed by atoms with Crippen molar-refractivity contribution in [2.24, 2.45) is 11.1 Å². The van der Waals surface area contributed by atoms with Crippen molar-refractivity contribution in [2.75, 3.05) is 6.61 Å². The molecule has 0 spiro atoms. The van der Waals surface area contributed by atoms with Crippen LogP contribution in [0.1, 0.15) is 44.4 Å². The Morgan fingerprint density at radius 2 is 2.11 bits per heavy atom. The third-order valence-electron chi connectivity index (χ3n) is 3.17. The largest absolute Gasteiger partial charge is 0.494 e. The molecule has 1 unspecified atom stereocenters. The maximum Gasteiger partial charge on any atom is 0.309 e. The molecule has 0 saturated heterocycles. The second-order valence-electron chi connectivity index (χ2n) is 5.47. The van der Waals surface area contributed by atoms with Gasteiger partial charge in [0.15, 0.2) is 0 Å². The lowest BCUT2D eigenvalue weighted by Gasteiger charge is -2.25. The summed E-state index contributed by atoms with van der Waals surface area (Å²) in [4.78, 5) is 11.2. The monoisotopic (exact) mass is 265 g/mol. The molecular formula is C15H23NO3. The van der Waals surface area contributed by atoms with Crippen LogP contribution in [0, 0.1) is 12.3 Å². The number of rotatable bonds is 6. The Kier molecular flexibility index (Phi) is 4.95. The average molecular weight is 265 g/mol. The first kappa shape index (κ1) is 15.5. The van der Waals surface area contributed by atoms with Crippen molar-refractivity contribution in [1.82, 2.24) is 0 Å². The van der Waals surface area contributed by atoms with Gasteiger partial charge in [-0.3, -0.25) is 4.79 Å². The molecule has 1 aromatic rings. The van der Waals surface area contributed by atoms with Gasteiger partial charge >= 0.3 is 5.97 Å². The van der Waals surface area contributed by atoms with Gasteiger partial charge in [0.1, 0.15) is 5.75 Å². The van der Waals surface area contributed by atoms with Gasteiger partial charge < -0.3 is 15.6 Å². The van der Waals surface area contributed by atoms with Crippen LogP contribution < -0.4 is 10.5 Å². The summed E-state index contributed by atoms with van der Waals surface area (Å²) in [6.07, 6.45) is 0.367. The lowest BCUT2D eigenvalue weighted by atomic mass is 9.83. The van der Waals surface area contributed by atoms with E-state index in [2.05, 4.69) is 0 Å². The number of nitrogens with two attached hydrogens (primary N) is 1. The number of hydrogen-bond acceptors (Lipinski definition) is 3. The van der Waals surface area contributed by atoms with E-state index in [1.54, 1.807) is 13.8 Å². The minimum atomic E-state index is -0.855. The number of carboxylic acid groups (broad SMARTS) is 1. The third kappa shape index (κ3) is 3.96. The van der Waals surface area contributed by atoms with E-state index >= 15 is 0 Å². The van der Waals surface area contributed by atoms with Gasteiger partial charge in [-0.25, -0.2) is 0 Å². The summed E-state index contributed by atoms with van der Waals surface area (Å²) in [5, 5.41) is 9.18. The summed E-state index contributed by atoms with van der Waals surface area (Å²) in [5.41, 5.74) is 7.28. The van der Waals surface area contributed by atoms with E-state index in [1.807, 2.05) is 32.0 Å². The predicted molar refractivity (Wildman–Crippen MR) is 75.3 cm³/mol. The zero-order valence-electron chi connectivity index (χ0n) is 12.1. The SMILES string of the molecule is CCOc1ccc(C)cc1C(N)CC(C)(C)C(=O)O. The average Bonchev–Trinajstić information content (AvgIpc) is 2.30. The topological polar surface area (TPSA) is 72.5 Å². The van der Waals surface area contributed by atoms with Crippen molar-refractivity contribution in [3.63, 3.8) is 0 Å². The van der Waals surface area contributed by atoms with Crippen LogP contribution in [-0.2, 0) is 4.79 Å². The Labute approximate surface area is 114 Å². The van der Waals surface area contributed by atoms with Gasteiger partial charge in [0.25, 0.3) is 0 Å². The minimum absolute atomic E-state index is 0.354. The van der Waals surface area contributed by atoms with Gasteiger partial charge in [-0.2, -0.15) is 0 Å². The second kappa shape index (κ2) is 6.06. The molecule has 4 heteroatoms. The molecule has 0 fully saturated rings. The Morgan fingerprint density at radius 3 is 2.63 bits per heavy atom. The van der Waals surface area contributed by atoms with E-state index in [0.29, 0.717) is 13.0 Å². The molecule has 0 radical (unpaired) electrons. The Bertz CT molecular complexity index is 455. The molecule has 0 heterocycles. The first-order valence-electron chi connectivity index (χ1n) is 6.50. The maximum atomic E-state index is 11.2. The lowest BCUT2D eigenvalue weighted by molar-refractivity contribution is -0.147. The molecule has 0 amide bonds. The standard InChI is InChI=1S/C15H23NO3/c1-5-19-13-7-6-10(2)8-11(13)12(16)9-15(3,4)14(17)18/h6-8,12H,5,9,16H2,1-4H3,(H,17,18). The summed E-state index contributed by atoms with van der Waals surface area (Å²) >= 11 is 0. The number of carboxylic acids is 1. The highest BCUT2D eigenvalue weighted by molar-refractivity contribution is 5.73. The lowest BCUT2D eigenvalue weighted by Crippen LogP contribution is -2.29. The number of ether oxygens (including phenoxy) is 1. The van der Waals surface area contributed by atoms with E-state index in [9.17, 15) is 9.90 Å². The van der Waals surface area contributed by atoms with E-state index in [0.717, 1.165) is 16.9 Å². The van der Waals surface area contributed by atoms with Crippen molar-refractivity contribution < 1.29 is 14.6 Å². The van der Waals surface area contributed by atoms with Crippen molar-refractivity contribution in [3.05, 3.63) is 29.3 Å². The molecule has 0 bridgehead atoms. The second-order valence-corrected chi connectivity index (χ2v) is 5.47. The van der Waals surface area contributed by atoms with Crippen LogP contribution in [0.5, 0.6) is 5.75 Å². The molecule has 0 aliphatic carbocycles. The van der Waals surface area contributed by atoms with Crippen molar-refractivity contribution in [3.8, 4) is 5.75 Å². The number of hydrogen-bond donors (Lipinski definition) is 2. The maximum absolute atomic E-state index is 11.2. The highest BCUT2D eigenvalue weighted by atomic mass is 16.5. The zero-order valence-corrected chi connectivity index (χ0v) is 12.1.